The summed E-state index contributed by atoms with van der Waals surface area (Å²) in [6, 6.07) is 18.5. The van der Waals surface area contributed by atoms with E-state index in [1.54, 1.807) is 6.92 Å². The number of amides is 1. The van der Waals surface area contributed by atoms with Gasteiger partial charge in [0.2, 0.25) is 0 Å². The Bertz CT molecular complexity index is 885. The van der Waals surface area contributed by atoms with E-state index in [9.17, 15) is 9.59 Å². The topological polar surface area (TPSA) is 45.1 Å². The fraction of sp³-hybridized carbons (Fsp3) is 0.462. The summed E-state index contributed by atoms with van der Waals surface area (Å²) in [5.41, 5.74) is 3.11. The maximum atomic E-state index is 13.3. The maximum absolute atomic E-state index is 13.3. The molecular formula is C26H34N3O2+. The van der Waals surface area contributed by atoms with Crippen molar-refractivity contribution in [2.45, 2.75) is 39.3 Å². The third-order valence-corrected chi connectivity index (χ3v) is 6.82. The number of nitrogens with zero attached hydrogens (tertiary/aromatic N) is 2. The molecule has 4 rings (SSSR count). The maximum Gasteiger partial charge on any atom is 0.278 e. The Hall–Kier alpha value is -2.66. The number of benzene rings is 2. The Kier molecular flexibility index (Phi) is 6.71. The zero-order valence-corrected chi connectivity index (χ0v) is 18.7. The van der Waals surface area contributed by atoms with Crippen LogP contribution in [-0.4, -0.2) is 55.4 Å². The van der Waals surface area contributed by atoms with Crippen LogP contribution in [0.2, 0.25) is 0 Å². The number of ketones is 1. The van der Waals surface area contributed by atoms with E-state index >= 15 is 0 Å². The highest BCUT2D eigenvalue weighted by molar-refractivity contribution is 5.94. The number of hydrogen-bond donors (Lipinski definition) is 1. The highest BCUT2D eigenvalue weighted by Crippen LogP contribution is 2.35. The molecule has 1 saturated carbocycles. The van der Waals surface area contributed by atoms with Gasteiger partial charge in [0, 0.05) is 23.8 Å². The number of carbonyl (C=O) groups is 2. The first-order valence-corrected chi connectivity index (χ1v) is 11.5. The molecule has 2 aromatic rings. The molecule has 0 unspecified atom stereocenters. The molecule has 0 aromatic heterocycles. The lowest BCUT2D eigenvalue weighted by Crippen LogP contribution is -3.16. The molecule has 1 amide bonds. The molecule has 0 spiro atoms. The molecule has 1 heterocycles. The van der Waals surface area contributed by atoms with Crippen LogP contribution in [-0.2, 0) is 11.3 Å². The van der Waals surface area contributed by atoms with Gasteiger partial charge in [-0.05, 0) is 62.4 Å². The Labute approximate surface area is 185 Å². The second-order valence-electron chi connectivity index (χ2n) is 9.10. The molecule has 31 heavy (non-hydrogen) atoms. The predicted octanol–water partition coefficient (Wildman–Crippen LogP) is 2.42. The van der Waals surface area contributed by atoms with Gasteiger partial charge in [0.05, 0.1) is 26.2 Å². The smallest absolute Gasteiger partial charge is 0.278 e. The van der Waals surface area contributed by atoms with E-state index in [4.69, 9.17) is 0 Å². The fourth-order valence-electron chi connectivity index (χ4n) is 4.55. The normalized spacial score (nSPS) is 17.9. The van der Waals surface area contributed by atoms with Gasteiger partial charge in [0.25, 0.3) is 5.91 Å². The van der Waals surface area contributed by atoms with E-state index in [1.807, 2.05) is 42.5 Å². The number of hydrogen-bond acceptors (Lipinski definition) is 3. The number of piperazine rings is 1. The monoisotopic (exact) mass is 420 g/mol. The van der Waals surface area contributed by atoms with Gasteiger partial charge in [-0.25, -0.2) is 0 Å². The van der Waals surface area contributed by atoms with Gasteiger partial charge in [-0.15, -0.1) is 0 Å². The third kappa shape index (κ3) is 5.53. The van der Waals surface area contributed by atoms with Crippen LogP contribution in [0.4, 0.5) is 5.69 Å². The van der Waals surface area contributed by atoms with Crippen molar-refractivity contribution in [2.24, 2.45) is 5.92 Å². The number of anilines is 1. The standard InChI is InChI=1S/C26H33N3O2/c1-20(23-8-9-23)29(18-22-6-4-3-5-7-22)26(31)19-27-14-16-28(17-15-27)25-12-10-24(11-13-25)21(2)30/h3-7,10-13,20,23H,8-9,14-19H2,1-2H3/p+1/t20-/m1/s1. The number of nitrogens with one attached hydrogen (secondary N) is 1. The van der Waals surface area contributed by atoms with Crippen molar-refractivity contribution in [2.75, 3.05) is 37.6 Å². The van der Waals surface area contributed by atoms with Crippen molar-refractivity contribution in [3.63, 3.8) is 0 Å². The van der Waals surface area contributed by atoms with E-state index in [0.717, 1.165) is 37.4 Å². The van der Waals surface area contributed by atoms with Gasteiger partial charge in [-0.2, -0.15) is 0 Å². The highest BCUT2D eigenvalue weighted by Gasteiger charge is 2.35. The number of quaternary nitrogens is 1. The van der Waals surface area contributed by atoms with E-state index in [0.29, 0.717) is 25.0 Å². The highest BCUT2D eigenvalue weighted by atomic mass is 16.2. The summed E-state index contributed by atoms with van der Waals surface area (Å²) in [6.45, 7) is 8.86. The molecule has 2 fully saturated rings. The summed E-state index contributed by atoms with van der Waals surface area (Å²) < 4.78 is 0. The molecule has 0 bridgehead atoms. The van der Waals surface area contributed by atoms with E-state index in [1.165, 1.54) is 23.3 Å². The summed E-state index contributed by atoms with van der Waals surface area (Å²) in [5, 5.41) is 0. The van der Waals surface area contributed by atoms with Gasteiger partial charge >= 0.3 is 0 Å². The minimum atomic E-state index is 0.0970. The quantitative estimate of drug-likeness (QED) is 0.667. The Morgan fingerprint density at radius 1 is 1.03 bits per heavy atom. The molecule has 1 atom stereocenters. The van der Waals surface area contributed by atoms with Crippen molar-refractivity contribution in [3.8, 4) is 0 Å². The van der Waals surface area contributed by atoms with Crippen molar-refractivity contribution in [1.29, 1.82) is 0 Å². The van der Waals surface area contributed by atoms with Crippen molar-refractivity contribution in [1.82, 2.24) is 4.90 Å². The van der Waals surface area contributed by atoms with Gasteiger partial charge in [-0.1, -0.05) is 30.3 Å². The molecule has 1 N–H and O–H groups in total. The largest absolute Gasteiger partial charge is 0.360 e. The molecule has 5 nitrogen and oxygen atoms in total. The summed E-state index contributed by atoms with van der Waals surface area (Å²) >= 11 is 0. The van der Waals surface area contributed by atoms with Crippen LogP contribution in [0.3, 0.4) is 0 Å². The van der Waals surface area contributed by atoms with Crippen LogP contribution < -0.4 is 9.80 Å². The summed E-state index contributed by atoms with van der Waals surface area (Å²) in [6.07, 6.45) is 2.49. The molecule has 1 aliphatic heterocycles. The van der Waals surface area contributed by atoms with Crippen molar-refractivity contribution >= 4 is 17.4 Å². The summed E-state index contributed by atoms with van der Waals surface area (Å²) in [5.74, 6) is 1.04. The molecule has 1 saturated heterocycles. The van der Waals surface area contributed by atoms with Gasteiger partial charge in [0.15, 0.2) is 12.3 Å². The van der Waals surface area contributed by atoms with Crippen LogP contribution in [0, 0.1) is 5.92 Å². The average Bonchev–Trinajstić information content (AvgIpc) is 3.64. The molecule has 0 radical (unpaired) electrons. The second kappa shape index (κ2) is 9.65. The van der Waals surface area contributed by atoms with Crippen LogP contribution in [0.25, 0.3) is 0 Å². The molecule has 164 valence electrons. The Balaban J connectivity index is 1.33. The first-order chi connectivity index (χ1) is 15.0. The lowest BCUT2D eigenvalue weighted by molar-refractivity contribution is -0.892. The van der Waals surface area contributed by atoms with Gasteiger partial charge in [-0.3, -0.25) is 9.59 Å². The molecule has 2 aliphatic rings. The Morgan fingerprint density at radius 2 is 1.68 bits per heavy atom. The zero-order valence-electron chi connectivity index (χ0n) is 18.7. The number of carbonyl (C=O) groups excluding carboxylic acids is 2. The van der Waals surface area contributed by atoms with Crippen molar-refractivity contribution in [3.05, 3.63) is 65.7 Å². The van der Waals surface area contributed by atoms with Crippen molar-refractivity contribution < 1.29 is 14.5 Å². The van der Waals surface area contributed by atoms with Gasteiger partial charge in [0.1, 0.15) is 0 Å². The predicted molar refractivity (Wildman–Crippen MR) is 123 cm³/mol. The average molecular weight is 421 g/mol. The molecule has 1 aliphatic carbocycles. The molecule has 2 aromatic carbocycles. The van der Waals surface area contributed by atoms with Crippen LogP contribution >= 0.6 is 0 Å². The Morgan fingerprint density at radius 3 is 2.26 bits per heavy atom. The minimum Gasteiger partial charge on any atom is -0.360 e. The van der Waals surface area contributed by atoms with E-state index in [2.05, 4.69) is 28.9 Å². The van der Waals surface area contributed by atoms with E-state index < -0.39 is 0 Å². The second-order valence-corrected chi connectivity index (χ2v) is 9.10. The van der Waals surface area contributed by atoms with Crippen LogP contribution in [0.5, 0.6) is 0 Å². The molecular weight excluding hydrogens is 386 g/mol. The number of Topliss-reactive ketones (excluding diaryl/α,β-unsaturated/α-hetero) is 1. The summed E-state index contributed by atoms with van der Waals surface area (Å²) in [4.78, 5) is 30.6. The fourth-order valence-corrected chi connectivity index (χ4v) is 4.55. The van der Waals surface area contributed by atoms with Gasteiger partial charge < -0.3 is 14.7 Å². The van der Waals surface area contributed by atoms with Crippen LogP contribution in [0.15, 0.2) is 54.6 Å². The first kappa shape index (κ1) is 21.6. The summed E-state index contributed by atoms with van der Waals surface area (Å²) in [7, 11) is 0. The minimum absolute atomic E-state index is 0.0970. The van der Waals surface area contributed by atoms with E-state index in [-0.39, 0.29) is 11.7 Å². The first-order valence-electron chi connectivity index (χ1n) is 11.5. The zero-order chi connectivity index (χ0) is 21.8. The lowest BCUT2D eigenvalue weighted by Gasteiger charge is -2.35. The third-order valence-electron chi connectivity index (χ3n) is 6.82. The lowest BCUT2D eigenvalue weighted by atomic mass is 10.1. The number of rotatable bonds is 8. The SMILES string of the molecule is CC(=O)c1ccc(N2CC[NH+](CC(=O)N(Cc3ccccc3)[C@H](C)C3CC3)CC2)cc1. The molecule has 5 heteroatoms. The van der Waals surface area contributed by atoms with Crippen LogP contribution in [0.1, 0.15) is 42.6 Å².